The summed E-state index contributed by atoms with van der Waals surface area (Å²) in [7, 11) is 3.06. The molecule has 2 aromatic rings. The predicted molar refractivity (Wildman–Crippen MR) is 96.7 cm³/mol. The Kier molecular flexibility index (Phi) is 5.28. The highest BCUT2D eigenvalue weighted by Gasteiger charge is 2.28. The lowest BCUT2D eigenvalue weighted by Gasteiger charge is -2.10. The largest absolute Gasteiger partial charge is 0.493 e. The molecular formula is C19H18N2O6. The molecule has 8 heteroatoms. The molecule has 0 atom stereocenters. The number of carbonyl (C=O) groups is 2. The van der Waals surface area contributed by atoms with Crippen molar-refractivity contribution in [3.05, 3.63) is 53.3 Å². The molecule has 0 bridgehead atoms. The van der Waals surface area contributed by atoms with E-state index in [1.165, 1.54) is 14.2 Å². The highest BCUT2D eigenvalue weighted by atomic mass is 16.5. The first-order chi connectivity index (χ1) is 13.1. The monoisotopic (exact) mass is 370 g/mol. The van der Waals surface area contributed by atoms with E-state index in [2.05, 4.69) is 0 Å². The quantitative estimate of drug-likeness (QED) is 0.345. The average molecular weight is 370 g/mol. The first-order valence-corrected chi connectivity index (χ1v) is 7.99. The smallest absolute Gasteiger partial charge is 0.271 e. The van der Waals surface area contributed by atoms with E-state index in [1.54, 1.807) is 42.5 Å². The van der Waals surface area contributed by atoms with E-state index in [9.17, 15) is 9.59 Å². The van der Waals surface area contributed by atoms with Gasteiger partial charge in [0.2, 0.25) is 5.78 Å². The van der Waals surface area contributed by atoms with Crippen LogP contribution in [0.5, 0.6) is 23.0 Å². The molecule has 3 rings (SSSR count). The number of hydrogen-bond acceptors (Lipinski definition) is 7. The van der Waals surface area contributed by atoms with Gasteiger partial charge in [0.25, 0.3) is 5.91 Å². The molecular weight excluding hydrogens is 352 g/mol. The van der Waals surface area contributed by atoms with Crippen molar-refractivity contribution >= 4 is 17.8 Å². The standard InChI is InChI=1S/C19H18N2O6/c1-24-14-5-3-4-11(19(14)25-2)8-16-18(23)13-7-6-12(9-15(13)27-16)26-10-17(22)21-20/h3-9H,10,20H2,1-2H3,(H,21,22). The van der Waals surface area contributed by atoms with E-state index in [1.807, 2.05) is 5.43 Å². The topological polar surface area (TPSA) is 109 Å². The second-order valence-electron chi connectivity index (χ2n) is 5.54. The first kappa shape index (κ1) is 18.3. The Balaban J connectivity index is 1.86. The number of amides is 1. The van der Waals surface area contributed by atoms with E-state index in [-0.39, 0.29) is 18.1 Å². The van der Waals surface area contributed by atoms with E-state index in [4.69, 9.17) is 24.8 Å². The molecule has 0 saturated heterocycles. The van der Waals surface area contributed by atoms with Crippen molar-refractivity contribution in [3.8, 4) is 23.0 Å². The van der Waals surface area contributed by atoms with Gasteiger partial charge in [0.15, 0.2) is 23.9 Å². The number of Topliss-reactive ketones (excluding diaryl/α,β-unsaturated/α-hetero) is 1. The van der Waals surface area contributed by atoms with Crippen LogP contribution in [-0.2, 0) is 4.79 Å². The van der Waals surface area contributed by atoms with Gasteiger partial charge >= 0.3 is 0 Å². The molecule has 0 aromatic heterocycles. The fourth-order valence-corrected chi connectivity index (χ4v) is 2.61. The number of carbonyl (C=O) groups excluding carboxylic acids is 2. The van der Waals surface area contributed by atoms with Gasteiger partial charge in [-0.1, -0.05) is 12.1 Å². The van der Waals surface area contributed by atoms with Crippen LogP contribution in [0.3, 0.4) is 0 Å². The molecule has 0 radical (unpaired) electrons. The summed E-state index contributed by atoms with van der Waals surface area (Å²) in [5.41, 5.74) is 3.01. The van der Waals surface area contributed by atoms with Gasteiger partial charge in [-0.3, -0.25) is 15.0 Å². The Morgan fingerprint density at radius 2 is 2.04 bits per heavy atom. The van der Waals surface area contributed by atoms with E-state index in [0.29, 0.717) is 34.1 Å². The number of allylic oxidation sites excluding steroid dienone is 1. The number of ether oxygens (including phenoxy) is 4. The van der Waals surface area contributed by atoms with Crippen molar-refractivity contribution in [2.45, 2.75) is 0 Å². The molecule has 3 N–H and O–H groups in total. The highest BCUT2D eigenvalue weighted by molar-refractivity contribution is 6.14. The number of nitrogens with one attached hydrogen (secondary N) is 1. The fraction of sp³-hybridized carbons (Fsp3) is 0.158. The minimum atomic E-state index is -0.474. The van der Waals surface area contributed by atoms with Crippen LogP contribution >= 0.6 is 0 Å². The zero-order valence-electron chi connectivity index (χ0n) is 14.8. The Morgan fingerprint density at radius 1 is 1.22 bits per heavy atom. The van der Waals surface area contributed by atoms with Crippen LogP contribution in [-0.4, -0.2) is 32.5 Å². The van der Waals surface area contributed by atoms with E-state index < -0.39 is 5.91 Å². The predicted octanol–water partition coefficient (Wildman–Crippen LogP) is 1.69. The van der Waals surface area contributed by atoms with Gasteiger partial charge in [-0.05, 0) is 24.3 Å². The third-order valence-electron chi connectivity index (χ3n) is 3.89. The number of methoxy groups -OCH3 is 2. The van der Waals surface area contributed by atoms with Gasteiger partial charge in [-0.2, -0.15) is 0 Å². The molecule has 0 spiro atoms. The Morgan fingerprint density at radius 3 is 2.74 bits per heavy atom. The van der Waals surface area contributed by atoms with Gasteiger partial charge in [0.1, 0.15) is 11.5 Å². The highest BCUT2D eigenvalue weighted by Crippen LogP contribution is 2.37. The summed E-state index contributed by atoms with van der Waals surface area (Å²) in [5.74, 6) is 6.18. The second kappa shape index (κ2) is 7.79. The maximum atomic E-state index is 12.6. The van der Waals surface area contributed by atoms with Crippen LogP contribution in [0.2, 0.25) is 0 Å². The molecule has 0 saturated carbocycles. The van der Waals surface area contributed by atoms with Crippen LogP contribution in [0.1, 0.15) is 15.9 Å². The van der Waals surface area contributed by atoms with E-state index >= 15 is 0 Å². The summed E-state index contributed by atoms with van der Waals surface area (Å²) in [5, 5.41) is 0. The van der Waals surface area contributed by atoms with Crippen molar-refractivity contribution in [2.24, 2.45) is 5.84 Å². The van der Waals surface area contributed by atoms with Gasteiger partial charge in [0.05, 0.1) is 19.8 Å². The summed E-state index contributed by atoms with van der Waals surface area (Å²) in [6.45, 7) is -0.243. The Hall–Kier alpha value is -3.52. The van der Waals surface area contributed by atoms with Crippen LogP contribution < -0.4 is 30.2 Å². The molecule has 0 unspecified atom stereocenters. The molecule has 0 aliphatic carbocycles. The first-order valence-electron chi connectivity index (χ1n) is 7.99. The molecule has 27 heavy (non-hydrogen) atoms. The molecule has 1 aliphatic rings. The number of fused-ring (bicyclic) bond motifs is 1. The zero-order chi connectivity index (χ0) is 19.4. The number of nitrogens with two attached hydrogens (primary N) is 1. The Labute approximate surface area is 155 Å². The summed E-state index contributed by atoms with van der Waals surface area (Å²) < 4.78 is 21.6. The molecule has 2 aromatic carbocycles. The van der Waals surface area contributed by atoms with Crippen molar-refractivity contribution in [1.82, 2.24) is 5.43 Å². The van der Waals surface area contributed by atoms with Gasteiger partial charge < -0.3 is 18.9 Å². The minimum Gasteiger partial charge on any atom is -0.493 e. The normalized spacial score (nSPS) is 13.7. The van der Waals surface area contributed by atoms with Crippen molar-refractivity contribution < 1.29 is 28.5 Å². The van der Waals surface area contributed by atoms with Gasteiger partial charge in [-0.15, -0.1) is 0 Å². The molecule has 1 amide bonds. The minimum absolute atomic E-state index is 0.147. The lowest BCUT2D eigenvalue weighted by Crippen LogP contribution is -2.34. The number of rotatable bonds is 6. The summed E-state index contributed by atoms with van der Waals surface area (Å²) >= 11 is 0. The SMILES string of the molecule is COc1cccc(C=C2Oc3cc(OCC(=O)NN)ccc3C2=O)c1OC. The maximum absolute atomic E-state index is 12.6. The lowest BCUT2D eigenvalue weighted by atomic mass is 10.1. The van der Waals surface area contributed by atoms with Crippen molar-refractivity contribution in [2.75, 3.05) is 20.8 Å². The second-order valence-corrected chi connectivity index (χ2v) is 5.54. The molecule has 0 fully saturated rings. The van der Waals surface area contributed by atoms with Crippen LogP contribution in [0.4, 0.5) is 0 Å². The van der Waals surface area contributed by atoms with Gasteiger partial charge in [0, 0.05) is 11.6 Å². The van der Waals surface area contributed by atoms with Crippen LogP contribution in [0.15, 0.2) is 42.2 Å². The van der Waals surface area contributed by atoms with Crippen LogP contribution in [0, 0.1) is 0 Å². The summed E-state index contributed by atoms with van der Waals surface area (Å²) in [6.07, 6.45) is 1.59. The number of benzene rings is 2. The molecule has 8 nitrogen and oxygen atoms in total. The summed E-state index contributed by atoms with van der Waals surface area (Å²) in [4.78, 5) is 23.8. The average Bonchev–Trinajstić information content (AvgIpc) is 3.00. The number of hydrogen-bond donors (Lipinski definition) is 2. The number of hydrazine groups is 1. The third-order valence-corrected chi connectivity index (χ3v) is 3.89. The van der Waals surface area contributed by atoms with Crippen LogP contribution in [0.25, 0.3) is 6.08 Å². The zero-order valence-corrected chi connectivity index (χ0v) is 14.8. The lowest BCUT2D eigenvalue weighted by molar-refractivity contribution is -0.123. The molecule has 1 heterocycles. The van der Waals surface area contributed by atoms with Crippen molar-refractivity contribution in [3.63, 3.8) is 0 Å². The fourth-order valence-electron chi connectivity index (χ4n) is 2.61. The number of para-hydroxylation sites is 1. The number of ketones is 1. The maximum Gasteiger partial charge on any atom is 0.271 e. The molecule has 140 valence electrons. The van der Waals surface area contributed by atoms with Gasteiger partial charge in [-0.25, -0.2) is 5.84 Å². The summed E-state index contributed by atoms with van der Waals surface area (Å²) in [6, 6.07) is 10.0. The third kappa shape index (κ3) is 3.70. The Bertz CT molecular complexity index is 922. The van der Waals surface area contributed by atoms with E-state index in [0.717, 1.165) is 0 Å². The molecule has 1 aliphatic heterocycles. The van der Waals surface area contributed by atoms with Crippen molar-refractivity contribution in [1.29, 1.82) is 0 Å².